The first kappa shape index (κ1) is 27.3. The highest BCUT2D eigenvalue weighted by molar-refractivity contribution is 6.32. The maximum Gasteiger partial charge on any atom is 0.338 e. The van der Waals surface area contributed by atoms with Crippen LogP contribution in [-0.4, -0.2) is 25.6 Å². The topological polar surface area (TPSA) is 97.7 Å². The van der Waals surface area contributed by atoms with Gasteiger partial charge in [0.25, 0.3) is 5.91 Å². The standard InChI is InChI=1S/C29H27ClN2O5/c1-5-36-29(34)22-8-10-24(11-9-22)32-28(33)23(16-31)13-21-14-25(30)27(26(15-21)35-4)37-17-20-7-6-18(2)19(3)12-20/h6-15H,5,17H2,1-4H3,(H,32,33)/b23-13+. The minimum Gasteiger partial charge on any atom is -0.493 e. The second-order valence-electron chi connectivity index (χ2n) is 8.16. The van der Waals surface area contributed by atoms with Crippen LogP contribution in [-0.2, 0) is 16.1 Å². The van der Waals surface area contributed by atoms with Crippen LogP contribution in [0.15, 0.2) is 60.2 Å². The molecule has 0 spiro atoms. The summed E-state index contributed by atoms with van der Waals surface area (Å²) in [5.41, 5.74) is 4.48. The number of methoxy groups -OCH3 is 1. The first-order valence-electron chi connectivity index (χ1n) is 11.5. The van der Waals surface area contributed by atoms with Gasteiger partial charge >= 0.3 is 5.97 Å². The van der Waals surface area contributed by atoms with Crippen LogP contribution in [0, 0.1) is 25.2 Å². The lowest BCUT2D eigenvalue weighted by atomic mass is 10.1. The van der Waals surface area contributed by atoms with Crippen molar-refractivity contribution >= 4 is 35.2 Å². The number of aryl methyl sites for hydroxylation is 2. The van der Waals surface area contributed by atoms with Crippen LogP contribution in [0.3, 0.4) is 0 Å². The fourth-order valence-electron chi connectivity index (χ4n) is 3.43. The molecule has 37 heavy (non-hydrogen) atoms. The molecule has 7 nitrogen and oxygen atoms in total. The molecule has 0 aromatic heterocycles. The largest absolute Gasteiger partial charge is 0.493 e. The summed E-state index contributed by atoms with van der Waals surface area (Å²) in [6.07, 6.45) is 1.41. The van der Waals surface area contributed by atoms with E-state index in [-0.39, 0.29) is 17.2 Å². The maximum absolute atomic E-state index is 12.7. The summed E-state index contributed by atoms with van der Waals surface area (Å²) in [5.74, 6) is -0.333. The number of nitrogens with one attached hydrogen (secondary N) is 1. The summed E-state index contributed by atoms with van der Waals surface area (Å²) in [6.45, 7) is 6.37. The van der Waals surface area contributed by atoms with E-state index in [0.717, 1.165) is 11.1 Å². The molecule has 3 aromatic carbocycles. The molecule has 0 radical (unpaired) electrons. The molecule has 0 unspecified atom stereocenters. The van der Waals surface area contributed by atoms with Crippen molar-refractivity contribution in [1.29, 1.82) is 5.26 Å². The van der Waals surface area contributed by atoms with E-state index < -0.39 is 11.9 Å². The third-order valence-electron chi connectivity index (χ3n) is 5.54. The molecule has 0 aliphatic carbocycles. The average molecular weight is 519 g/mol. The Morgan fingerprint density at radius 3 is 2.41 bits per heavy atom. The summed E-state index contributed by atoms with van der Waals surface area (Å²) < 4.78 is 16.3. The molecule has 3 aromatic rings. The SMILES string of the molecule is CCOC(=O)c1ccc(NC(=O)/C(C#N)=C/c2cc(Cl)c(OCc3ccc(C)c(C)c3)c(OC)c2)cc1. The number of benzene rings is 3. The quantitative estimate of drug-likeness (QED) is 0.204. The van der Waals surface area contributed by atoms with Crippen LogP contribution in [0.4, 0.5) is 5.69 Å². The van der Waals surface area contributed by atoms with Gasteiger partial charge in [-0.25, -0.2) is 4.79 Å². The van der Waals surface area contributed by atoms with Crippen molar-refractivity contribution in [3.63, 3.8) is 0 Å². The summed E-state index contributed by atoms with van der Waals surface area (Å²) in [5, 5.41) is 12.5. The van der Waals surface area contributed by atoms with E-state index in [4.69, 9.17) is 25.8 Å². The number of nitrogens with zero attached hydrogens (tertiary/aromatic N) is 1. The molecule has 0 saturated carbocycles. The molecule has 3 rings (SSSR count). The smallest absolute Gasteiger partial charge is 0.338 e. The van der Waals surface area contributed by atoms with Crippen molar-refractivity contribution in [2.45, 2.75) is 27.4 Å². The molecular formula is C29H27ClN2O5. The Bertz CT molecular complexity index is 1370. The fraction of sp³-hybridized carbons (Fsp3) is 0.207. The predicted octanol–water partition coefficient (Wildman–Crippen LogP) is 6.27. The number of hydrogen-bond acceptors (Lipinski definition) is 6. The van der Waals surface area contributed by atoms with Crippen molar-refractivity contribution in [3.05, 3.63) is 93.0 Å². The van der Waals surface area contributed by atoms with Crippen LogP contribution >= 0.6 is 11.6 Å². The van der Waals surface area contributed by atoms with Crippen LogP contribution < -0.4 is 14.8 Å². The molecule has 8 heteroatoms. The lowest BCUT2D eigenvalue weighted by Gasteiger charge is -2.14. The average Bonchev–Trinajstić information content (AvgIpc) is 2.88. The third-order valence-corrected chi connectivity index (χ3v) is 5.82. The first-order valence-corrected chi connectivity index (χ1v) is 11.9. The fourth-order valence-corrected chi connectivity index (χ4v) is 3.70. The number of ether oxygens (including phenoxy) is 3. The van der Waals surface area contributed by atoms with Gasteiger partial charge in [-0.05, 0) is 85.5 Å². The number of halogens is 1. The van der Waals surface area contributed by atoms with Gasteiger partial charge in [0, 0.05) is 5.69 Å². The van der Waals surface area contributed by atoms with Crippen LogP contribution in [0.25, 0.3) is 6.08 Å². The molecule has 0 aliphatic heterocycles. The van der Waals surface area contributed by atoms with Crippen LogP contribution in [0.1, 0.15) is 39.5 Å². The Kier molecular flexibility index (Phi) is 9.31. The summed E-state index contributed by atoms with van der Waals surface area (Å²) in [6, 6.07) is 17.4. The molecule has 1 N–H and O–H groups in total. The molecule has 0 atom stereocenters. The number of rotatable bonds is 9. The van der Waals surface area contributed by atoms with Gasteiger partial charge in [-0.1, -0.05) is 29.8 Å². The highest BCUT2D eigenvalue weighted by atomic mass is 35.5. The number of carbonyl (C=O) groups excluding carboxylic acids is 2. The van der Waals surface area contributed by atoms with Crippen molar-refractivity contribution in [2.75, 3.05) is 19.0 Å². The van der Waals surface area contributed by atoms with E-state index in [1.807, 2.05) is 32.0 Å². The monoisotopic (exact) mass is 518 g/mol. The van der Waals surface area contributed by atoms with E-state index in [9.17, 15) is 14.9 Å². The molecule has 0 bridgehead atoms. The maximum atomic E-state index is 12.7. The molecule has 0 heterocycles. The number of nitriles is 1. The lowest BCUT2D eigenvalue weighted by Crippen LogP contribution is -2.13. The van der Waals surface area contributed by atoms with Crippen molar-refractivity contribution in [2.24, 2.45) is 0 Å². The Balaban J connectivity index is 1.76. The van der Waals surface area contributed by atoms with Crippen molar-refractivity contribution in [3.8, 4) is 17.6 Å². The van der Waals surface area contributed by atoms with Gasteiger partial charge in [-0.2, -0.15) is 5.26 Å². The second-order valence-corrected chi connectivity index (χ2v) is 8.57. The molecule has 1 amide bonds. The van der Waals surface area contributed by atoms with E-state index in [1.54, 1.807) is 31.2 Å². The molecular weight excluding hydrogens is 492 g/mol. The Hall–Kier alpha value is -4.28. The van der Waals surface area contributed by atoms with E-state index in [0.29, 0.717) is 34.9 Å². The zero-order chi connectivity index (χ0) is 26.9. The number of esters is 1. The van der Waals surface area contributed by atoms with E-state index in [1.165, 1.54) is 30.9 Å². The van der Waals surface area contributed by atoms with Gasteiger partial charge < -0.3 is 19.5 Å². The first-order chi connectivity index (χ1) is 17.7. The van der Waals surface area contributed by atoms with Crippen LogP contribution in [0.5, 0.6) is 11.5 Å². The lowest BCUT2D eigenvalue weighted by molar-refractivity contribution is -0.112. The molecule has 0 saturated heterocycles. The Morgan fingerprint density at radius 1 is 1.05 bits per heavy atom. The van der Waals surface area contributed by atoms with Gasteiger partial charge in [-0.3, -0.25) is 4.79 Å². The van der Waals surface area contributed by atoms with Gasteiger partial charge in [0.15, 0.2) is 11.5 Å². The predicted molar refractivity (Wildman–Crippen MR) is 143 cm³/mol. The van der Waals surface area contributed by atoms with Crippen molar-refractivity contribution in [1.82, 2.24) is 0 Å². The highest BCUT2D eigenvalue weighted by Gasteiger charge is 2.15. The van der Waals surface area contributed by atoms with Gasteiger partial charge in [0.05, 0.1) is 24.3 Å². The van der Waals surface area contributed by atoms with Gasteiger partial charge in [0.1, 0.15) is 18.2 Å². The van der Waals surface area contributed by atoms with Gasteiger partial charge in [0.2, 0.25) is 0 Å². The zero-order valence-electron chi connectivity index (χ0n) is 21.1. The third kappa shape index (κ3) is 7.12. The number of amides is 1. The minimum atomic E-state index is -0.614. The van der Waals surface area contributed by atoms with Gasteiger partial charge in [-0.15, -0.1) is 0 Å². The van der Waals surface area contributed by atoms with E-state index in [2.05, 4.69) is 11.4 Å². The number of carbonyl (C=O) groups is 2. The van der Waals surface area contributed by atoms with Crippen LogP contribution in [0.2, 0.25) is 5.02 Å². The van der Waals surface area contributed by atoms with Crippen molar-refractivity contribution < 1.29 is 23.8 Å². The Morgan fingerprint density at radius 2 is 1.78 bits per heavy atom. The summed E-state index contributed by atoms with van der Waals surface area (Å²) in [7, 11) is 1.49. The molecule has 0 aliphatic rings. The molecule has 0 fully saturated rings. The summed E-state index contributed by atoms with van der Waals surface area (Å²) in [4.78, 5) is 24.5. The number of anilines is 1. The Labute approximate surface area is 221 Å². The molecule has 190 valence electrons. The summed E-state index contributed by atoms with van der Waals surface area (Å²) >= 11 is 6.48. The van der Waals surface area contributed by atoms with E-state index >= 15 is 0 Å². The number of hydrogen-bond donors (Lipinski definition) is 1. The zero-order valence-corrected chi connectivity index (χ0v) is 21.8. The highest BCUT2D eigenvalue weighted by Crippen LogP contribution is 2.37. The minimum absolute atomic E-state index is 0.142. The normalized spacial score (nSPS) is 10.9. The second kappa shape index (κ2) is 12.6.